The summed E-state index contributed by atoms with van der Waals surface area (Å²) in [6.45, 7) is 2.46. The lowest BCUT2D eigenvalue weighted by atomic mass is 10.0. The summed E-state index contributed by atoms with van der Waals surface area (Å²) in [5.74, 6) is 0.0470. The van der Waals surface area contributed by atoms with Crippen molar-refractivity contribution in [1.29, 1.82) is 0 Å². The number of nitrogens with one attached hydrogen (secondary N) is 2. The molecular formula is C16H19N5O. The minimum Gasteiger partial charge on any atom is -0.330 e. The van der Waals surface area contributed by atoms with Gasteiger partial charge in [0.2, 0.25) is 0 Å². The van der Waals surface area contributed by atoms with Crippen molar-refractivity contribution in [2.75, 3.05) is 13.1 Å². The normalized spacial score (nSPS) is 20.9. The highest BCUT2D eigenvalue weighted by Gasteiger charge is 2.33. The first-order valence-corrected chi connectivity index (χ1v) is 7.82. The Hall–Kier alpha value is -2.21. The van der Waals surface area contributed by atoms with Crippen molar-refractivity contribution >= 4 is 5.91 Å². The fourth-order valence-corrected chi connectivity index (χ4v) is 3.49. The molecule has 2 N–H and O–H groups in total. The number of nitrogens with zero attached hydrogens (tertiary/aromatic N) is 3. The van der Waals surface area contributed by atoms with Crippen LogP contribution < -0.4 is 5.32 Å². The summed E-state index contributed by atoms with van der Waals surface area (Å²) in [5.41, 5.74) is 3.85. The molecule has 22 heavy (non-hydrogen) atoms. The molecule has 2 aliphatic heterocycles. The molecule has 0 aromatic carbocycles. The van der Waals surface area contributed by atoms with Gasteiger partial charge in [-0.15, -0.1) is 0 Å². The molecule has 2 aromatic rings. The zero-order valence-electron chi connectivity index (χ0n) is 12.4. The average Bonchev–Trinajstić information content (AvgIpc) is 3.22. The van der Waals surface area contributed by atoms with Crippen molar-refractivity contribution in [3.8, 4) is 0 Å². The molecule has 4 rings (SSSR count). The summed E-state index contributed by atoms with van der Waals surface area (Å²) >= 11 is 0. The van der Waals surface area contributed by atoms with Gasteiger partial charge in [-0.25, -0.2) is 0 Å². The number of carbonyl (C=O) groups excluding carboxylic acids is 1. The quantitative estimate of drug-likeness (QED) is 0.879. The molecule has 0 bridgehead atoms. The van der Waals surface area contributed by atoms with E-state index in [1.54, 1.807) is 6.20 Å². The van der Waals surface area contributed by atoms with Gasteiger partial charge in [0.25, 0.3) is 5.91 Å². The van der Waals surface area contributed by atoms with E-state index >= 15 is 0 Å². The van der Waals surface area contributed by atoms with Crippen LogP contribution in [0.15, 0.2) is 24.5 Å². The van der Waals surface area contributed by atoms with E-state index in [1.165, 1.54) is 0 Å². The van der Waals surface area contributed by atoms with Crippen LogP contribution in [0.1, 0.15) is 46.2 Å². The Morgan fingerprint density at radius 3 is 3.23 bits per heavy atom. The van der Waals surface area contributed by atoms with E-state index in [0.717, 1.165) is 55.7 Å². The van der Waals surface area contributed by atoms with Gasteiger partial charge >= 0.3 is 0 Å². The fourth-order valence-electron chi connectivity index (χ4n) is 3.49. The van der Waals surface area contributed by atoms with E-state index < -0.39 is 0 Å². The molecule has 0 saturated carbocycles. The van der Waals surface area contributed by atoms with Gasteiger partial charge in [0.15, 0.2) is 5.69 Å². The number of carbonyl (C=O) groups is 1. The maximum atomic E-state index is 13.0. The van der Waals surface area contributed by atoms with Crippen molar-refractivity contribution in [2.45, 2.75) is 31.8 Å². The number of likely N-dealkylation sites (tertiary alicyclic amines) is 1. The maximum Gasteiger partial charge on any atom is 0.275 e. The molecule has 2 aliphatic rings. The number of rotatable bonds is 2. The Labute approximate surface area is 128 Å². The van der Waals surface area contributed by atoms with Gasteiger partial charge in [0.1, 0.15) is 0 Å². The van der Waals surface area contributed by atoms with Crippen molar-refractivity contribution in [2.24, 2.45) is 0 Å². The topological polar surface area (TPSA) is 73.9 Å². The van der Waals surface area contributed by atoms with Crippen LogP contribution in [0, 0.1) is 0 Å². The molecule has 2 aromatic heterocycles. The maximum absolute atomic E-state index is 13.0. The average molecular weight is 297 g/mol. The van der Waals surface area contributed by atoms with Crippen molar-refractivity contribution in [3.63, 3.8) is 0 Å². The van der Waals surface area contributed by atoms with E-state index in [1.807, 2.05) is 23.2 Å². The zero-order valence-corrected chi connectivity index (χ0v) is 12.4. The monoisotopic (exact) mass is 297 g/mol. The summed E-state index contributed by atoms with van der Waals surface area (Å²) < 4.78 is 0. The third-order valence-electron chi connectivity index (χ3n) is 4.59. The Morgan fingerprint density at radius 1 is 1.41 bits per heavy atom. The van der Waals surface area contributed by atoms with Crippen molar-refractivity contribution in [1.82, 2.24) is 25.4 Å². The highest BCUT2D eigenvalue weighted by atomic mass is 16.2. The largest absolute Gasteiger partial charge is 0.330 e. The molecule has 1 saturated heterocycles. The summed E-state index contributed by atoms with van der Waals surface area (Å²) in [7, 11) is 0. The fraction of sp³-hybridized carbons (Fsp3) is 0.438. The van der Waals surface area contributed by atoms with Crippen LogP contribution in [-0.2, 0) is 13.0 Å². The number of fused-ring (bicyclic) bond motifs is 1. The van der Waals surface area contributed by atoms with Crippen LogP contribution in [0.25, 0.3) is 0 Å². The van der Waals surface area contributed by atoms with Crippen molar-refractivity contribution < 1.29 is 4.79 Å². The predicted molar refractivity (Wildman–Crippen MR) is 81.2 cm³/mol. The standard InChI is InChI=1S/C16H19N5O/c22-16(15-12-5-7-18-10-13(12)19-20-15)21-8-2-4-14(21)11-3-1-6-17-9-11/h1,3,6,9,14,18H,2,4-5,7-8,10H2,(H,19,20). The van der Waals surface area contributed by atoms with Crippen LogP contribution >= 0.6 is 0 Å². The third kappa shape index (κ3) is 2.20. The van der Waals surface area contributed by atoms with Crippen LogP contribution in [0.3, 0.4) is 0 Å². The minimum absolute atomic E-state index is 0.0470. The first kappa shape index (κ1) is 13.5. The lowest BCUT2D eigenvalue weighted by Crippen LogP contribution is -2.32. The molecule has 1 amide bonds. The molecule has 6 heteroatoms. The van der Waals surface area contributed by atoms with Gasteiger partial charge in [-0.2, -0.15) is 5.10 Å². The second kappa shape index (κ2) is 5.53. The minimum atomic E-state index is 0.0470. The van der Waals surface area contributed by atoms with Gasteiger partial charge in [-0.3, -0.25) is 14.9 Å². The number of hydrogen-bond acceptors (Lipinski definition) is 4. The summed E-state index contributed by atoms with van der Waals surface area (Å²) in [4.78, 5) is 19.1. The molecule has 0 spiro atoms. The lowest BCUT2D eigenvalue weighted by Gasteiger charge is -2.25. The molecule has 4 heterocycles. The van der Waals surface area contributed by atoms with Gasteiger partial charge in [-0.1, -0.05) is 6.07 Å². The Morgan fingerprint density at radius 2 is 2.36 bits per heavy atom. The molecule has 0 aliphatic carbocycles. The second-order valence-electron chi connectivity index (χ2n) is 5.90. The van der Waals surface area contributed by atoms with Gasteiger partial charge < -0.3 is 10.2 Å². The molecule has 1 atom stereocenters. The van der Waals surface area contributed by atoms with E-state index in [4.69, 9.17) is 0 Å². The predicted octanol–water partition coefficient (Wildman–Crippen LogP) is 1.43. The smallest absolute Gasteiger partial charge is 0.275 e. The lowest BCUT2D eigenvalue weighted by molar-refractivity contribution is 0.0728. The summed E-state index contributed by atoms with van der Waals surface area (Å²) in [5, 5.41) is 10.6. The number of aromatic amines is 1. The molecule has 1 unspecified atom stereocenters. The zero-order chi connectivity index (χ0) is 14.9. The Kier molecular flexibility index (Phi) is 3.38. The highest BCUT2D eigenvalue weighted by molar-refractivity contribution is 5.94. The molecular weight excluding hydrogens is 278 g/mol. The number of H-pyrrole nitrogens is 1. The summed E-state index contributed by atoms with van der Waals surface area (Å²) in [6.07, 6.45) is 6.51. The van der Waals surface area contributed by atoms with Crippen LogP contribution in [0.4, 0.5) is 0 Å². The number of hydrogen-bond donors (Lipinski definition) is 2. The first-order chi connectivity index (χ1) is 10.8. The van der Waals surface area contributed by atoms with E-state index in [9.17, 15) is 4.79 Å². The van der Waals surface area contributed by atoms with Crippen LogP contribution in [0.2, 0.25) is 0 Å². The summed E-state index contributed by atoms with van der Waals surface area (Å²) in [6, 6.07) is 4.10. The SMILES string of the molecule is O=C(c1n[nH]c2c1CCNC2)N1CCCC1c1cccnc1. The van der Waals surface area contributed by atoms with Gasteiger partial charge in [0.05, 0.1) is 11.7 Å². The Balaban J connectivity index is 1.63. The number of aromatic nitrogens is 3. The highest BCUT2D eigenvalue weighted by Crippen LogP contribution is 2.33. The number of pyridine rings is 1. The molecule has 1 fully saturated rings. The van der Waals surface area contributed by atoms with Crippen LogP contribution in [-0.4, -0.2) is 39.1 Å². The van der Waals surface area contributed by atoms with Crippen LogP contribution in [0.5, 0.6) is 0 Å². The molecule has 114 valence electrons. The first-order valence-electron chi connectivity index (χ1n) is 7.82. The molecule has 0 radical (unpaired) electrons. The van der Waals surface area contributed by atoms with Crippen molar-refractivity contribution in [3.05, 3.63) is 47.0 Å². The van der Waals surface area contributed by atoms with E-state index in [0.29, 0.717) is 5.69 Å². The van der Waals surface area contributed by atoms with E-state index in [-0.39, 0.29) is 11.9 Å². The van der Waals surface area contributed by atoms with Gasteiger partial charge in [0, 0.05) is 31.0 Å². The second-order valence-corrected chi connectivity index (χ2v) is 5.90. The third-order valence-corrected chi connectivity index (χ3v) is 4.59. The van der Waals surface area contributed by atoms with E-state index in [2.05, 4.69) is 20.5 Å². The van der Waals surface area contributed by atoms with Gasteiger partial charge in [-0.05, 0) is 37.4 Å². The number of amides is 1. The molecule has 6 nitrogen and oxygen atoms in total. The Bertz CT molecular complexity index is 681.